The van der Waals surface area contributed by atoms with Gasteiger partial charge in [0.1, 0.15) is 5.82 Å². The molecule has 144 valence electrons. The fourth-order valence-electron chi connectivity index (χ4n) is 2.83. The van der Waals surface area contributed by atoms with Crippen molar-refractivity contribution in [3.63, 3.8) is 0 Å². The number of pyridine rings is 1. The van der Waals surface area contributed by atoms with Crippen LogP contribution in [0.5, 0.6) is 0 Å². The highest BCUT2D eigenvalue weighted by Crippen LogP contribution is 2.23. The lowest BCUT2D eigenvalue weighted by molar-refractivity contribution is 0.262. The highest BCUT2D eigenvalue weighted by atomic mass is 35.5. The number of nitrogens with one attached hydrogen (secondary N) is 2. The number of carbonyl (C=O) groups excluding carboxylic acids is 1. The summed E-state index contributed by atoms with van der Waals surface area (Å²) in [6.07, 6.45) is 1.06. The van der Waals surface area contributed by atoms with E-state index in [4.69, 9.17) is 16.6 Å². The Morgan fingerprint density at radius 3 is 2.46 bits per heavy atom. The molecule has 0 saturated heterocycles. The summed E-state index contributed by atoms with van der Waals surface area (Å²) in [4.78, 5) is 19.1. The maximum absolute atomic E-state index is 12.3. The van der Waals surface area contributed by atoms with E-state index in [0.29, 0.717) is 16.4 Å². The Labute approximate surface area is 170 Å². The second-order valence-electron chi connectivity index (χ2n) is 6.47. The standard InChI is InChI=1S/C22H23ClN4O/c1-3-14-27(2)21-9-5-8-20(26-21)16-6-4-7-19(15-16)25-22(28)24-18-12-10-17(23)11-13-18/h4-13,15H,3,14H2,1-2H3,(H2,24,25,28). The molecule has 2 amide bonds. The maximum Gasteiger partial charge on any atom is 0.323 e. The van der Waals surface area contributed by atoms with Crippen molar-refractivity contribution >= 4 is 34.8 Å². The number of rotatable bonds is 6. The molecule has 0 aliphatic rings. The predicted molar refractivity (Wildman–Crippen MR) is 117 cm³/mol. The van der Waals surface area contributed by atoms with E-state index >= 15 is 0 Å². The molecule has 6 heteroatoms. The van der Waals surface area contributed by atoms with E-state index in [1.54, 1.807) is 24.3 Å². The zero-order valence-electron chi connectivity index (χ0n) is 15.9. The van der Waals surface area contributed by atoms with Crippen molar-refractivity contribution in [3.8, 4) is 11.3 Å². The van der Waals surface area contributed by atoms with Gasteiger partial charge in [-0.1, -0.05) is 36.7 Å². The van der Waals surface area contributed by atoms with Crippen molar-refractivity contribution in [2.24, 2.45) is 0 Å². The van der Waals surface area contributed by atoms with Crippen LogP contribution in [0.15, 0.2) is 66.7 Å². The zero-order valence-corrected chi connectivity index (χ0v) is 16.7. The van der Waals surface area contributed by atoms with Gasteiger partial charge >= 0.3 is 6.03 Å². The molecule has 0 unspecified atom stereocenters. The molecule has 1 heterocycles. The summed E-state index contributed by atoms with van der Waals surface area (Å²) in [6.45, 7) is 3.09. The van der Waals surface area contributed by atoms with Gasteiger partial charge in [0.05, 0.1) is 5.69 Å². The first-order chi connectivity index (χ1) is 13.5. The first-order valence-corrected chi connectivity index (χ1v) is 9.55. The van der Waals surface area contributed by atoms with Gasteiger partial charge < -0.3 is 15.5 Å². The molecule has 0 fully saturated rings. The van der Waals surface area contributed by atoms with Crippen molar-refractivity contribution in [2.75, 3.05) is 29.1 Å². The van der Waals surface area contributed by atoms with Gasteiger partial charge in [0.2, 0.25) is 0 Å². The Balaban J connectivity index is 1.72. The molecule has 1 aromatic heterocycles. The Bertz CT molecular complexity index is 943. The zero-order chi connectivity index (χ0) is 19.9. The normalized spacial score (nSPS) is 10.4. The minimum Gasteiger partial charge on any atom is -0.360 e. The summed E-state index contributed by atoms with van der Waals surface area (Å²) in [5.41, 5.74) is 3.17. The van der Waals surface area contributed by atoms with Crippen molar-refractivity contribution in [2.45, 2.75) is 13.3 Å². The molecule has 0 radical (unpaired) electrons. The van der Waals surface area contributed by atoms with Gasteiger partial charge in [0, 0.05) is 35.6 Å². The van der Waals surface area contributed by atoms with Crippen LogP contribution in [0, 0.1) is 0 Å². The number of urea groups is 1. The lowest BCUT2D eigenvalue weighted by Crippen LogP contribution is -2.19. The number of amides is 2. The predicted octanol–water partition coefficient (Wildman–Crippen LogP) is 5.89. The van der Waals surface area contributed by atoms with E-state index in [-0.39, 0.29) is 6.03 Å². The van der Waals surface area contributed by atoms with Gasteiger partial charge in [-0.2, -0.15) is 0 Å². The number of carbonyl (C=O) groups is 1. The van der Waals surface area contributed by atoms with Crippen LogP contribution >= 0.6 is 11.6 Å². The van der Waals surface area contributed by atoms with E-state index in [9.17, 15) is 4.79 Å². The Hall–Kier alpha value is -3.05. The quantitative estimate of drug-likeness (QED) is 0.547. The number of halogens is 1. The summed E-state index contributed by atoms with van der Waals surface area (Å²) in [6, 6.07) is 20.2. The lowest BCUT2D eigenvalue weighted by Gasteiger charge is -2.18. The van der Waals surface area contributed by atoms with E-state index in [0.717, 1.165) is 30.0 Å². The molecule has 3 aromatic rings. The second kappa shape index (κ2) is 9.24. The van der Waals surface area contributed by atoms with Crippen molar-refractivity contribution in [3.05, 3.63) is 71.8 Å². The monoisotopic (exact) mass is 394 g/mol. The number of aromatic nitrogens is 1. The molecule has 2 N–H and O–H groups in total. The van der Waals surface area contributed by atoms with Crippen LogP contribution in [-0.4, -0.2) is 24.6 Å². The Morgan fingerprint density at radius 2 is 1.71 bits per heavy atom. The van der Waals surface area contributed by atoms with E-state index in [2.05, 4.69) is 22.5 Å². The van der Waals surface area contributed by atoms with E-state index < -0.39 is 0 Å². The van der Waals surface area contributed by atoms with Crippen LogP contribution in [0.25, 0.3) is 11.3 Å². The van der Waals surface area contributed by atoms with Crippen LogP contribution < -0.4 is 15.5 Å². The van der Waals surface area contributed by atoms with Gasteiger partial charge in [0.25, 0.3) is 0 Å². The molecule has 3 rings (SSSR count). The largest absolute Gasteiger partial charge is 0.360 e. The van der Waals surface area contributed by atoms with Gasteiger partial charge in [-0.05, 0) is 55.0 Å². The second-order valence-corrected chi connectivity index (χ2v) is 6.91. The van der Waals surface area contributed by atoms with Gasteiger partial charge in [0.15, 0.2) is 0 Å². The topological polar surface area (TPSA) is 57.3 Å². The number of hydrogen-bond donors (Lipinski definition) is 2. The van der Waals surface area contributed by atoms with E-state index in [1.165, 1.54) is 0 Å². The fraction of sp³-hybridized carbons (Fsp3) is 0.182. The SMILES string of the molecule is CCCN(C)c1cccc(-c2cccc(NC(=O)Nc3ccc(Cl)cc3)c2)n1. The highest BCUT2D eigenvalue weighted by molar-refractivity contribution is 6.30. The third kappa shape index (κ3) is 5.24. The maximum atomic E-state index is 12.3. The van der Waals surface area contributed by atoms with Crippen LogP contribution in [0.2, 0.25) is 5.02 Å². The molecule has 0 saturated carbocycles. The van der Waals surface area contributed by atoms with Crippen molar-refractivity contribution in [1.29, 1.82) is 0 Å². The number of hydrogen-bond acceptors (Lipinski definition) is 3. The minimum absolute atomic E-state index is 0.316. The summed E-state index contributed by atoms with van der Waals surface area (Å²) in [5, 5.41) is 6.26. The van der Waals surface area contributed by atoms with Crippen LogP contribution in [0.1, 0.15) is 13.3 Å². The van der Waals surface area contributed by atoms with E-state index in [1.807, 2.05) is 49.5 Å². The van der Waals surface area contributed by atoms with Crippen molar-refractivity contribution in [1.82, 2.24) is 4.98 Å². The molecular weight excluding hydrogens is 372 g/mol. The van der Waals surface area contributed by atoms with Crippen LogP contribution in [0.4, 0.5) is 22.0 Å². The smallest absolute Gasteiger partial charge is 0.323 e. The lowest BCUT2D eigenvalue weighted by atomic mass is 10.1. The summed E-state index contributed by atoms with van der Waals surface area (Å²) in [5.74, 6) is 0.929. The summed E-state index contributed by atoms with van der Waals surface area (Å²) >= 11 is 5.86. The molecule has 5 nitrogen and oxygen atoms in total. The molecule has 28 heavy (non-hydrogen) atoms. The molecular formula is C22H23ClN4O. The third-order valence-electron chi connectivity index (χ3n) is 4.20. The number of nitrogens with zero attached hydrogens (tertiary/aromatic N) is 2. The minimum atomic E-state index is -0.316. The molecule has 0 spiro atoms. The Kier molecular flexibility index (Phi) is 6.50. The van der Waals surface area contributed by atoms with Crippen LogP contribution in [0.3, 0.4) is 0 Å². The van der Waals surface area contributed by atoms with Gasteiger partial charge in [-0.3, -0.25) is 0 Å². The number of benzene rings is 2. The average molecular weight is 395 g/mol. The van der Waals surface area contributed by atoms with Crippen LogP contribution in [-0.2, 0) is 0 Å². The van der Waals surface area contributed by atoms with Gasteiger partial charge in [-0.15, -0.1) is 0 Å². The average Bonchev–Trinajstić information content (AvgIpc) is 2.70. The first kappa shape index (κ1) is 19.7. The van der Waals surface area contributed by atoms with Crippen molar-refractivity contribution < 1.29 is 4.79 Å². The summed E-state index contributed by atoms with van der Waals surface area (Å²) < 4.78 is 0. The first-order valence-electron chi connectivity index (χ1n) is 9.17. The molecule has 0 atom stereocenters. The van der Waals surface area contributed by atoms with Gasteiger partial charge in [-0.25, -0.2) is 9.78 Å². The highest BCUT2D eigenvalue weighted by Gasteiger charge is 2.07. The summed E-state index contributed by atoms with van der Waals surface area (Å²) in [7, 11) is 2.04. The molecule has 0 bridgehead atoms. The molecule has 0 aliphatic carbocycles. The Morgan fingerprint density at radius 1 is 1.00 bits per heavy atom. The third-order valence-corrected chi connectivity index (χ3v) is 4.45. The number of anilines is 3. The molecule has 0 aliphatic heterocycles. The molecule has 2 aromatic carbocycles. The fourth-order valence-corrected chi connectivity index (χ4v) is 2.96.